The van der Waals surface area contributed by atoms with Crippen molar-refractivity contribution in [3.05, 3.63) is 22.4 Å². The highest BCUT2D eigenvalue weighted by Gasteiger charge is 2.22. The van der Waals surface area contributed by atoms with E-state index in [0.29, 0.717) is 12.5 Å². The molecule has 1 aromatic heterocycles. The second-order valence-electron chi connectivity index (χ2n) is 5.21. The molecule has 0 aliphatic heterocycles. The van der Waals surface area contributed by atoms with Crippen LogP contribution in [0.5, 0.6) is 0 Å². The number of carbonyl (C=O) groups is 1. The molecule has 1 aliphatic carbocycles. The Balaban J connectivity index is 1.77. The Labute approximate surface area is 112 Å². The van der Waals surface area contributed by atoms with Gasteiger partial charge in [0.15, 0.2) is 0 Å². The Morgan fingerprint density at radius 2 is 2.44 bits per heavy atom. The fraction of sp³-hybridized carbons (Fsp3) is 0.643. The number of carbonyl (C=O) groups excluding carboxylic acids is 1. The van der Waals surface area contributed by atoms with Crippen LogP contribution in [-0.2, 0) is 4.79 Å². The number of rotatable bonds is 4. The Morgan fingerprint density at radius 3 is 3.11 bits per heavy atom. The smallest absolute Gasteiger partial charge is 0.227 e. The van der Waals surface area contributed by atoms with Crippen LogP contribution in [0.25, 0.3) is 0 Å². The molecule has 1 saturated carbocycles. The predicted octanol–water partition coefficient (Wildman–Crippen LogP) is 2.52. The Morgan fingerprint density at radius 1 is 1.61 bits per heavy atom. The van der Waals surface area contributed by atoms with Crippen LogP contribution in [0.1, 0.15) is 44.1 Å². The molecule has 1 aliphatic rings. The fourth-order valence-electron chi connectivity index (χ4n) is 2.52. The van der Waals surface area contributed by atoms with Gasteiger partial charge in [-0.3, -0.25) is 4.79 Å². The molecule has 0 bridgehead atoms. The SMILES string of the molecule is CC(C(=O)NCC1CCCC(O)C1)c1ccsc1. The maximum absolute atomic E-state index is 12.0. The minimum Gasteiger partial charge on any atom is -0.393 e. The maximum Gasteiger partial charge on any atom is 0.227 e. The van der Waals surface area contributed by atoms with Gasteiger partial charge < -0.3 is 10.4 Å². The summed E-state index contributed by atoms with van der Waals surface area (Å²) in [7, 11) is 0. The lowest BCUT2D eigenvalue weighted by molar-refractivity contribution is -0.122. The van der Waals surface area contributed by atoms with E-state index in [0.717, 1.165) is 31.2 Å². The van der Waals surface area contributed by atoms with Gasteiger partial charge in [-0.1, -0.05) is 6.42 Å². The Bertz CT molecular complexity index is 377. The van der Waals surface area contributed by atoms with E-state index in [1.165, 1.54) is 0 Å². The standard InChI is InChI=1S/C14H21NO2S/c1-10(12-5-6-18-9-12)14(17)15-8-11-3-2-4-13(16)7-11/h5-6,9-11,13,16H,2-4,7-8H2,1H3,(H,15,17). The molecule has 1 amide bonds. The van der Waals surface area contributed by atoms with Crippen molar-refractivity contribution in [1.29, 1.82) is 0 Å². The first-order valence-electron chi connectivity index (χ1n) is 6.64. The largest absolute Gasteiger partial charge is 0.393 e. The van der Waals surface area contributed by atoms with E-state index in [4.69, 9.17) is 0 Å². The lowest BCUT2D eigenvalue weighted by atomic mass is 9.87. The highest BCUT2D eigenvalue weighted by Crippen LogP contribution is 2.24. The van der Waals surface area contributed by atoms with Crippen molar-refractivity contribution < 1.29 is 9.90 Å². The number of thiophene rings is 1. The van der Waals surface area contributed by atoms with Crippen LogP contribution in [0, 0.1) is 5.92 Å². The number of aliphatic hydroxyl groups is 1. The van der Waals surface area contributed by atoms with Gasteiger partial charge in [0.1, 0.15) is 0 Å². The number of hydrogen-bond donors (Lipinski definition) is 2. The molecule has 1 fully saturated rings. The summed E-state index contributed by atoms with van der Waals surface area (Å²) in [5, 5.41) is 16.6. The first kappa shape index (κ1) is 13.6. The molecule has 1 heterocycles. The van der Waals surface area contributed by atoms with Gasteiger partial charge in [-0.2, -0.15) is 11.3 Å². The summed E-state index contributed by atoms with van der Waals surface area (Å²) in [5.74, 6) is 0.450. The minimum absolute atomic E-state index is 0.0789. The molecule has 2 rings (SSSR count). The molecule has 0 aromatic carbocycles. The van der Waals surface area contributed by atoms with E-state index in [-0.39, 0.29) is 17.9 Å². The first-order chi connectivity index (χ1) is 8.66. The van der Waals surface area contributed by atoms with Gasteiger partial charge in [0.25, 0.3) is 0 Å². The quantitative estimate of drug-likeness (QED) is 0.880. The molecular weight excluding hydrogens is 246 g/mol. The van der Waals surface area contributed by atoms with Gasteiger partial charge in [0, 0.05) is 6.54 Å². The summed E-state index contributed by atoms with van der Waals surface area (Å²) in [4.78, 5) is 12.0. The Kier molecular flexibility index (Phi) is 4.78. The third kappa shape index (κ3) is 3.56. The lowest BCUT2D eigenvalue weighted by Gasteiger charge is -2.26. The molecular formula is C14H21NO2S. The van der Waals surface area contributed by atoms with Gasteiger partial charge in [-0.05, 0) is 54.5 Å². The van der Waals surface area contributed by atoms with Crippen molar-refractivity contribution in [2.45, 2.75) is 44.6 Å². The summed E-state index contributed by atoms with van der Waals surface area (Å²) in [6, 6.07) is 2.00. The van der Waals surface area contributed by atoms with Crippen molar-refractivity contribution in [1.82, 2.24) is 5.32 Å². The summed E-state index contributed by atoms with van der Waals surface area (Å²) in [5.41, 5.74) is 1.08. The molecule has 100 valence electrons. The summed E-state index contributed by atoms with van der Waals surface area (Å²) < 4.78 is 0. The average Bonchev–Trinajstić information content (AvgIpc) is 2.89. The van der Waals surface area contributed by atoms with Crippen LogP contribution in [0.2, 0.25) is 0 Å². The number of amides is 1. The second-order valence-corrected chi connectivity index (χ2v) is 5.99. The molecule has 3 nitrogen and oxygen atoms in total. The monoisotopic (exact) mass is 267 g/mol. The van der Waals surface area contributed by atoms with E-state index < -0.39 is 0 Å². The van der Waals surface area contributed by atoms with Crippen LogP contribution in [0.3, 0.4) is 0 Å². The van der Waals surface area contributed by atoms with Gasteiger partial charge in [0.05, 0.1) is 12.0 Å². The summed E-state index contributed by atoms with van der Waals surface area (Å²) >= 11 is 1.62. The average molecular weight is 267 g/mol. The normalized spacial score (nSPS) is 25.7. The molecule has 18 heavy (non-hydrogen) atoms. The topological polar surface area (TPSA) is 49.3 Å². The zero-order valence-electron chi connectivity index (χ0n) is 10.8. The van der Waals surface area contributed by atoms with Crippen LogP contribution >= 0.6 is 11.3 Å². The molecule has 0 spiro atoms. The van der Waals surface area contributed by atoms with Gasteiger partial charge in [-0.25, -0.2) is 0 Å². The van der Waals surface area contributed by atoms with Crippen molar-refractivity contribution in [3.63, 3.8) is 0 Å². The third-order valence-corrected chi connectivity index (χ3v) is 4.46. The van der Waals surface area contributed by atoms with E-state index >= 15 is 0 Å². The summed E-state index contributed by atoms with van der Waals surface area (Å²) in [6.45, 7) is 2.64. The van der Waals surface area contributed by atoms with Crippen LogP contribution < -0.4 is 5.32 Å². The molecule has 4 heteroatoms. The number of nitrogens with one attached hydrogen (secondary N) is 1. The van der Waals surface area contributed by atoms with Gasteiger partial charge >= 0.3 is 0 Å². The Hall–Kier alpha value is -0.870. The van der Waals surface area contributed by atoms with Crippen molar-refractivity contribution in [2.24, 2.45) is 5.92 Å². The second kappa shape index (κ2) is 6.34. The van der Waals surface area contributed by atoms with Crippen molar-refractivity contribution in [2.75, 3.05) is 6.54 Å². The molecule has 3 atom stereocenters. The van der Waals surface area contributed by atoms with Crippen LogP contribution in [0.15, 0.2) is 16.8 Å². The van der Waals surface area contributed by atoms with Gasteiger partial charge in [-0.15, -0.1) is 0 Å². The number of hydrogen-bond acceptors (Lipinski definition) is 3. The van der Waals surface area contributed by atoms with E-state index in [1.807, 2.05) is 23.8 Å². The first-order valence-corrected chi connectivity index (χ1v) is 7.59. The van der Waals surface area contributed by atoms with Crippen molar-refractivity contribution in [3.8, 4) is 0 Å². The third-order valence-electron chi connectivity index (χ3n) is 3.76. The highest BCUT2D eigenvalue weighted by atomic mass is 32.1. The van der Waals surface area contributed by atoms with Crippen molar-refractivity contribution >= 4 is 17.2 Å². The summed E-state index contributed by atoms with van der Waals surface area (Å²) in [6.07, 6.45) is 3.75. The fourth-order valence-corrected chi connectivity index (χ4v) is 3.27. The molecule has 3 unspecified atom stereocenters. The van der Waals surface area contributed by atoms with E-state index in [9.17, 15) is 9.90 Å². The van der Waals surface area contributed by atoms with Crippen LogP contribution in [0.4, 0.5) is 0 Å². The van der Waals surface area contributed by atoms with E-state index in [2.05, 4.69) is 5.32 Å². The maximum atomic E-state index is 12.0. The zero-order chi connectivity index (χ0) is 13.0. The zero-order valence-corrected chi connectivity index (χ0v) is 11.6. The van der Waals surface area contributed by atoms with Crippen LogP contribution in [-0.4, -0.2) is 23.7 Å². The number of aliphatic hydroxyl groups excluding tert-OH is 1. The molecule has 0 radical (unpaired) electrons. The molecule has 0 saturated heterocycles. The molecule has 2 N–H and O–H groups in total. The highest BCUT2D eigenvalue weighted by molar-refractivity contribution is 7.08. The van der Waals surface area contributed by atoms with Gasteiger partial charge in [0.2, 0.25) is 5.91 Å². The lowest BCUT2D eigenvalue weighted by Crippen LogP contribution is -2.35. The molecule has 1 aromatic rings. The predicted molar refractivity (Wildman–Crippen MR) is 73.7 cm³/mol. The van der Waals surface area contributed by atoms with E-state index in [1.54, 1.807) is 11.3 Å². The minimum atomic E-state index is -0.171.